The van der Waals surface area contributed by atoms with Crippen molar-refractivity contribution in [2.45, 2.75) is 39.8 Å². The molecule has 0 aliphatic carbocycles. The van der Waals surface area contributed by atoms with Crippen molar-refractivity contribution in [2.24, 2.45) is 11.8 Å². The number of rotatable bonds is 5. The number of aromatic nitrogens is 2. The van der Waals surface area contributed by atoms with E-state index in [0.29, 0.717) is 12.6 Å². The highest BCUT2D eigenvalue weighted by molar-refractivity contribution is 5.71. The van der Waals surface area contributed by atoms with Gasteiger partial charge >= 0.3 is 5.97 Å². The molecule has 3 atom stereocenters. The van der Waals surface area contributed by atoms with Crippen molar-refractivity contribution in [1.29, 1.82) is 0 Å². The lowest BCUT2D eigenvalue weighted by Gasteiger charge is -2.13. The van der Waals surface area contributed by atoms with Crippen molar-refractivity contribution in [2.75, 3.05) is 13.1 Å². The van der Waals surface area contributed by atoms with Crippen LogP contribution in [0.2, 0.25) is 0 Å². The number of aliphatic carboxylic acids is 1. The second-order valence-corrected chi connectivity index (χ2v) is 5.66. The van der Waals surface area contributed by atoms with Gasteiger partial charge in [0.05, 0.1) is 11.6 Å². The fourth-order valence-electron chi connectivity index (χ4n) is 2.64. The van der Waals surface area contributed by atoms with Crippen LogP contribution in [-0.2, 0) is 11.3 Å². The van der Waals surface area contributed by atoms with Gasteiger partial charge in [0.2, 0.25) is 0 Å². The van der Waals surface area contributed by atoms with Crippen LogP contribution in [0.15, 0.2) is 12.3 Å². The standard InChI is InChI=1S/C14H23N3O2/c1-4-11(3)17-6-5-12(15-17)8-16-7-10(2)13(9-16)14(18)19/h5-6,10-11,13H,4,7-9H2,1-3H3,(H,18,19). The first-order valence-electron chi connectivity index (χ1n) is 7.00. The molecule has 1 N–H and O–H groups in total. The van der Waals surface area contributed by atoms with E-state index in [1.165, 1.54) is 0 Å². The molecule has 2 heterocycles. The lowest BCUT2D eigenvalue weighted by molar-refractivity contribution is -0.142. The van der Waals surface area contributed by atoms with Gasteiger partial charge in [-0.25, -0.2) is 0 Å². The zero-order valence-electron chi connectivity index (χ0n) is 11.9. The molecule has 0 radical (unpaired) electrons. The minimum absolute atomic E-state index is 0.217. The molecule has 2 rings (SSSR count). The molecule has 1 aliphatic heterocycles. The van der Waals surface area contributed by atoms with Gasteiger partial charge in [0.15, 0.2) is 0 Å². The summed E-state index contributed by atoms with van der Waals surface area (Å²) >= 11 is 0. The molecule has 0 saturated carbocycles. The van der Waals surface area contributed by atoms with E-state index in [1.54, 1.807) is 0 Å². The highest BCUT2D eigenvalue weighted by atomic mass is 16.4. The highest BCUT2D eigenvalue weighted by Crippen LogP contribution is 2.24. The molecule has 1 aromatic rings. The fraction of sp³-hybridized carbons (Fsp3) is 0.714. The lowest BCUT2D eigenvalue weighted by atomic mass is 9.99. The summed E-state index contributed by atoms with van der Waals surface area (Å²) in [5, 5.41) is 13.7. The predicted molar refractivity (Wildman–Crippen MR) is 72.8 cm³/mol. The number of likely N-dealkylation sites (tertiary alicyclic amines) is 1. The summed E-state index contributed by atoms with van der Waals surface area (Å²) in [4.78, 5) is 13.3. The molecule has 5 heteroatoms. The summed E-state index contributed by atoms with van der Waals surface area (Å²) in [5.41, 5.74) is 1.03. The van der Waals surface area contributed by atoms with Crippen LogP contribution in [0, 0.1) is 11.8 Å². The second kappa shape index (κ2) is 5.74. The Labute approximate surface area is 114 Å². The minimum atomic E-state index is -0.680. The van der Waals surface area contributed by atoms with Crippen molar-refractivity contribution in [3.63, 3.8) is 0 Å². The first-order chi connectivity index (χ1) is 9.01. The van der Waals surface area contributed by atoms with Gasteiger partial charge in [-0.05, 0) is 25.3 Å². The SMILES string of the molecule is CCC(C)n1ccc(CN2CC(C)C(C(=O)O)C2)n1. The van der Waals surface area contributed by atoms with Gasteiger partial charge in [0, 0.05) is 31.9 Å². The van der Waals surface area contributed by atoms with E-state index >= 15 is 0 Å². The van der Waals surface area contributed by atoms with Crippen molar-refractivity contribution in [1.82, 2.24) is 14.7 Å². The van der Waals surface area contributed by atoms with Gasteiger partial charge in [-0.3, -0.25) is 14.4 Å². The third kappa shape index (κ3) is 3.15. The third-order valence-corrected chi connectivity index (χ3v) is 4.10. The smallest absolute Gasteiger partial charge is 0.308 e. The lowest BCUT2D eigenvalue weighted by Crippen LogP contribution is -2.23. The first-order valence-corrected chi connectivity index (χ1v) is 7.00. The zero-order valence-corrected chi connectivity index (χ0v) is 11.9. The summed E-state index contributed by atoms with van der Waals surface area (Å²) in [7, 11) is 0. The van der Waals surface area contributed by atoms with Gasteiger partial charge in [0.25, 0.3) is 0 Å². The van der Waals surface area contributed by atoms with E-state index < -0.39 is 5.97 Å². The largest absolute Gasteiger partial charge is 0.481 e. The number of carboxylic acids is 1. The van der Waals surface area contributed by atoms with Crippen molar-refractivity contribution >= 4 is 5.97 Å². The molecule has 3 unspecified atom stereocenters. The molecule has 0 spiro atoms. The molecule has 106 valence electrons. The summed E-state index contributed by atoms with van der Waals surface area (Å²) in [5.74, 6) is -0.703. The van der Waals surface area contributed by atoms with Crippen molar-refractivity contribution in [3.05, 3.63) is 18.0 Å². The fourth-order valence-corrected chi connectivity index (χ4v) is 2.64. The Kier molecular flexibility index (Phi) is 4.24. The second-order valence-electron chi connectivity index (χ2n) is 5.66. The normalized spacial score (nSPS) is 25.6. The molecule has 19 heavy (non-hydrogen) atoms. The van der Waals surface area contributed by atoms with Gasteiger partial charge < -0.3 is 5.11 Å². The van der Waals surface area contributed by atoms with E-state index in [9.17, 15) is 4.79 Å². The van der Waals surface area contributed by atoms with Crippen LogP contribution in [0.3, 0.4) is 0 Å². The van der Waals surface area contributed by atoms with Crippen LogP contribution in [-0.4, -0.2) is 38.8 Å². The predicted octanol–water partition coefficient (Wildman–Crippen LogP) is 2.01. The van der Waals surface area contributed by atoms with Gasteiger partial charge in [0.1, 0.15) is 0 Å². The van der Waals surface area contributed by atoms with Crippen LogP contribution in [0.5, 0.6) is 0 Å². The van der Waals surface area contributed by atoms with E-state index in [0.717, 1.165) is 25.2 Å². The average molecular weight is 265 g/mol. The highest BCUT2D eigenvalue weighted by Gasteiger charge is 2.34. The van der Waals surface area contributed by atoms with E-state index in [-0.39, 0.29) is 11.8 Å². The van der Waals surface area contributed by atoms with E-state index in [1.807, 2.05) is 23.9 Å². The average Bonchev–Trinajstić information content (AvgIpc) is 2.95. The summed E-state index contributed by atoms with van der Waals surface area (Å²) in [6, 6.07) is 2.45. The molecule has 1 aliphatic rings. The zero-order chi connectivity index (χ0) is 14.0. The molecule has 0 amide bonds. The maximum atomic E-state index is 11.1. The Hall–Kier alpha value is -1.36. The van der Waals surface area contributed by atoms with Crippen LogP contribution >= 0.6 is 0 Å². The first kappa shape index (κ1) is 14.1. The number of hydrogen-bond donors (Lipinski definition) is 1. The van der Waals surface area contributed by atoms with Crippen LogP contribution in [0.4, 0.5) is 0 Å². The third-order valence-electron chi connectivity index (χ3n) is 4.10. The number of carbonyl (C=O) groups is 1. The Balaban J connectivity index is 1.95. The molecule has 0 bridgehead atoms. The Bertz CT molecular complexity index is 444. The monoisotopic (exact) mass is 265 g/mol. The molecule has 0 aromatic carbocycles. The number of nitrogens with zero attached hydrogens (tertiary/aromatic N) is 3. The minimum Gasteiger partial charge on any atom is -0.481 e. The van der Waals surface area contributed by atoms with Gasteiger partial charge in [-0.1, -0.05) is 13.8 Å². The van der Waals surface area contributed by atoms with Crippen LogP contribution in [0.1, 0.15) is 38.9 Å². The number of hydrogen-bond acceptors (Lipinski definition) is 3. The van der Waals surface area contributed by atoms with Crippen molar-refractivity contribution < 1.29 is 9.90 Å². The summed E-state index contributed by atoms with van der Waals surface area (Å²) in [6.07, 6.45) is 3.07. The molecular weight excluding hydrogens is 242 g/mol. The molecule has 1 saturated heterocycles. The quantitative estimate of drug-likeness (QED) is 0.884. The Morgan fingerprint density at radius 2 is 2.32 bits per heavy atom. The number of carboxylic acid groups (broad SMARTS) is 1. The molecule has 5 nitrogen and oxygen atoms in total. The van der Waals surface area contributed by atoms with Crippen molar-refractivity contribution in [3.8, 4) is 0 Å². The molecule has 1 fully saturated rings. The van der Waals surface area contributed by atoms with Crippen LogP contribution < -0.4 is 0 Å². The van der Waals surface area contributed by atoms with Gasteiger partial charge in [-0.15, -0.1) is 0 Å². The van der Waals surface area contributed by atoms with Crippen LogP contribution in [0.25, 0.3) is 0 Å². The van der Waals surface area contributed by atoms with E-state index in [2.05, 4.69) is 23.8 Å². The van der Waals surface area contributed by atoms with Gasteiger partial charge in [-0.2, -0.15) is 5.10 Å². The Morgan fingerprint density at radius 1 is 1.58 bits per heavy atom. The summed E-state index contributed by atoms with van der Waals surface area (Å²) < 4.78 is 1.99. The maximum absolute atomic E-state index is 11.1. The molecule has 1 aromatic heterocycles. The Morgan fingerprint density at radius 3 is 2.89 bits per heavy atom. The maximum Gasteiger partial charge on any atom is 0.308 e. The van der Waals surface area contributed by atoms with E-state index in [4.69, 9.17) is 5.11 Å². The molecular formula is C14H23N3O2. The summed E-state index contributed by atoms with van der Waals surface area (Å²) in [6.45, 7) is 8.52. The topological polar surface area (TPSA) is 58.4 Å².